The first-order valence-corrected chi connectivity index (χ1v) is 7.89. The van der Waals surface area contributed by atoms with Gasteiger partial charge in [0.2, 0.25) is 5.91 Å². The van der Waals surface area contributed by atoms with Crippen molar-refractivity contribution in [1.82, 2.24) is 15.2 Å². The molecule has 1 aliphatic heterocycles. The quantitative estimate of drug-likeness (QED) is 0.785. The van der Waals surface area contributed by atoms with Gasteiger partial charge in [0.05, 0.1) is 11.7 Å². The molecule has 1 amide bonds. The molecular weight excluding hydrogens is 264 g/mol. The van der Waals surface area contributed by atoms with Gasteiger partial charge in [-0.2, -0.15) is 0 Å². The molecule has 2 N–H and O–H groups in total. The molecule has 1 saturated heterocycles. The number of amides is 1. The zero-order valence-corrected chi connectivity index (χ0v) is 12.8. The first kappa shape index (κ1) is 15.8. The summed E-state index contributed by atoms with van der Waals surface area (Å²) < 4.78 is 0. The van der Waals surface area contributed by atoms with Crippen molar-refractivity contribution >= 4 is 11.6 Å². The van der Waals surface area contributed by atoms with E-state index in [1.54, 1.807) is 12.4 Å². The maximum atomic E-state index is 12.2. The molecule has 5 heteroatoms. The maximum Gasteiger partial charge on any atom is 0.237 e. The van der Waals surface area contributed by atoms with Crippen LogP contribution in [-0.4, -0.2) is 48.5 Å². The highest BCUT2D eigenvalue weighted by Crippen LogP contribution is 2.15. The van der Waals surface area contributed by atoms with Gasteiger partial charge in [-0.3, -0.25) is 14.7 Å². The molecule has 116 valence electrons. The number of likely N-dealkylation sites (tertiary alicyclic amines) is 1. The number of carbonyl (C=O) groups excluding carboxylic acids is 1. The van der Waals surface area contributed by atoms with Gasteiger partial charge < -0.3 is 10.6 Å². The van der Waals surface area contributed by atoms with Crippen molar-refractivity contribution < 1.29 is 4.79 Å². The van der Waals surface area contributed by atoms with E-state index in [1.165, 1.54) is 12.8 Å². The molecule has 2 rings (SSSR count). The fourth-order valence-electron chi connectivity index (χ4n) is 2.70. The number of anilines is 1. The van der Waals surface area contributed by atoms with Crippen molar-refractivity contribution in [3.8, 4) is 0 Å². The summed E-state index contributed by atoms with van der Waals surface area (Å²) >= 11 is 0. The molecule has 1 fully saturated rings. The highest BCUT2D eigenvalue weighted by Gasteiger charge is 2.23. The van der Waals surface area contributed by atoms with E-state index in [-0.39, 0.29) is 11.9 Å². The van der Waals surface area contributed by atoms with Crippen LogP contribution in [-0.2, 0) is 4.79 Å². The molecule has 2 heterocycles. The summed E-state index contributed by atoms with van der Waals surface area (Å²) in [5, 5.41) is 6.35. The molecular formula is C16H26N4O. The lowest BCUT2D eigenvalue weighted by atomic mass is 10.1. The third kappa shape index (κ3) is 5.34. The van der Waals surface area contributed by atoms with E-state index in [9.17, 15) is 4.79 Å². The highest BCUT2D eigenvalue weighted by atomic mass is 16.2. The number of pyridine rings is 1. The van der Waals surface area contributed by atoms with E-state index in [4.69, 9.17) is 0 Å². The van der Waals surface area contributed by atoms with Gasteiger partial charge in [0.25, 0.3) is 0 Å². The van der Waals surface area contributed by atoms with E-state index in [0.717, 1.165) is 44.6 Å². The number of likely N-dealkylation sites (N-methyl/N-ethyl adjacent to an activating group) is 1. The van der Waals surface area contributed by atoms with Crippen molar-refractivity contribution in [2.75, 3.05) is 32.0 Å². The van der Waals surface area contributed by atoms with Crippen molar-refractivity contribution in [2.45, 2.75) is 38.1 Å². The molecule has 5 nitrogen and oxygen atoms in total. The summed E-state index contributed by atoms with van der Waals surface area (Å²) in [7, 11) is 2.06. The molecule has 0 radical (unpaired) electrons. The first-order chi connectivity index (χ1) is 10.3. The van der Waals surface area contributed by atoms with Crippen LogP contribution in [0.25, 0.3) is 0 Å². The Hall–Kier alpha value is -1.62. The minimum Gasteiger partial charge on any atom is -0.384 e. The van der Waals surface area contributed by atoms with Crippen LogP contribution in [0.2, 0.25) is 0 Å². The number of aromatic nitrogens is 1. The van der Waals surface area contributed by atoms with Crippen molar-refractivity contribution in [3.63, 3.8) is 0 Å². The Balaban J connectivity index is 1.62. The zero-order chi connectivity index (χ0) is 14.9. The van der Waals surface area contributed by atoms with Crippen LogP contribution in [0.3, 0.4) is 0 Å². The number of hydrogen-bond acceptors (Lipinski definition) is 4. The fraction of sp³-hybridized carbons (Fsp3) is 0.625. The van der Waals surface area contributed by atoms with Gasteiger partial charge in [0.15, 0.2) is 0 Å². The molecule has 21 heavy (non-hydrogen) atoms. The fourth-order valence-corrected chi connectivity index (χ4v) is 2.70. The summed E-state index contributed by atoms with van der Waals surface area (Å²) in [6.07, 6.45) is 9.06. The van der Waals surface area contributed by atoms with Crippen LogP contribution < -0.4 is 10.6 Å². The Morgan fingerprint density at radius 3 is 3.10 bits per heavy atom. The Kier molecular flexibility index (Phi) is 6.47. The minimum absolute atomic E-state index is 0.0544. The highest BCUT2D eigenvalue weighted by molar-refractivity contribution is 5.81. The second-order valence-electron chi connectivity index (χ2n) is 5.66. The molecule has 0 aliphatic carbocycles. The Morgan fingerprint density at radius 2 is 2.29 bits per heavy atom. The number of hydrogen-bond donors (Lipinski definition) is 2. The van der Waals surface area contributed by atoms with Gasteiger partial charge in [-0.05, 0) is 45.0 Å². The third-order valence-corrected chi connectivity index (χ3v) is 3.97. The normalized spacial score (nSPS) is 19.8. The summed E-state index contributed by atoms with van der Waals surface area (Å²) in [4.78, 5) is 18.5. The molecule has 1 aromatic rings. The molecule has 0 spiro atoms. The smallest absolute Gasteiger partial charge is 0.237 e. The largest absolute Gasteiger partial charge is 0.384 e. The average molecular weight is 290 g/mol. The van der Waals surface area contributed by atoms with Crippen molar-refractivity contribution in [1.29, 1.82) is 0 Å². The van der Waals surface area contributed by atoms with Crippen molar-refractivity contribution in [2.24, 2.45) is 0 Å². The lowest BCUT2D eigenvalue weighted by molar-refractivity contribution is -0.126. The van der Waals surface area contributed by atoms with Gasteiger partial charge in [0, 0.05) is 25.5 Å². The lowest BCUT2D eigenvalue weighted by Crippen LogP contribution is -2.45. The zero-order valence-electron chi connectivity index (χ0n) is 12.8. The number of nitrogens with one attached hydrogen (secondary N) is 2. The van der Waals surface area contributed by atoms with Crippen molar-refractivity contribution in [3.05, 3.63) is 24.5 Å². The molecule has 1 aromatic heterocycles. The van der Waals surface area contributed by atoms with E-state index in [0.29, 0.717) is 0 Å². The molecule has 1 atom stereocenters. The third-order valence-electron chi connectivity index (χ3n) is 3.97. The molecule has 1 unspecified atom stereocenters. The Morgan fingerprint density at radius 1 is 1.38 bits per heavy atom. The second kappa shape index (κ2) is 8.62. The van der Waals surface area contributed by atoms with Crippen LogP contribution in [0.15, 0.2) is 24.5 Å². The van der Waals surface area contributed by atoms with E-state index in [1.807, 2.05) is 12.1 Å². The number of rotatable bonds is 6. The van der Waals surface area contributed by atoms with E-state index in [2.05, 4.69) is 27.6 Å². The summed E-state index contributed by atoms with van der Waals surface area (Å²) in [6.45, 7) is 2.59. The topological polar surface area (TPSA) is 57.3 Å². The van der Waals surface area contributed by atoms with Gasteiger partial charge in [0.1, 0.15) is 0 Å². The Labute approximate surface area is 127 Å². The summed E-state index contributed by atoms with van der Waals surface area (Å²) in [6, 6.07) is 3.96. The molecule has 0 saturated carbocycles. The SMILES string of the molecule is CN1CCCCCC1C(=O)NCCCNc1cccnc1. The number of carbonyl (C=O) groups is 1. The standard InChI is InChI=1S/C16H26N4O/c1-20-12-4-2-3-8-15(20)16(21)19-11-6-10-18-14-7-5-9-17-13-14/h5,7,9,13,15,18H,2-4,6,8,10-12H2,1H3,(H,19,21). The summed E-state index contributed by atoms with van der Waals surface area (Å²) in [5.74, 6) is 0.181. The predicted molar refractivity (Wildman–Crippen MR) is 85.2 cm³/mol. The monoisotopic (exact) mass is 290 g/mol. The number of nitrogens with zero attached hydrogens (tertiary/aromatic N) is 2. The van der Waals surface area contributed by atoms with E-state index >= 15 is 0 Å². The van der Waals surface area contributed by atoms with Crippen LogP contribution >= 0.6 is 0 Å². The van der Waals surface area contributed by atoms with E-state index < -0.39 is 0 Å². The lowest BCUT2D eigenvalue weighted by Gasteiger charge is -2.24. The molecule has 0 bridgehead atoms. The van der Waals surface area contributed by atoms with Gasteiger partial charge in [-0.25, -0.2) is 0 Å². The van der Waals surface area contributed by atoms with Crippen LogP contribution in [0.4, 0.5) is 5.69 Å². The molecule has 1 aliphatic rings. The predicted octanol–water partition coefficient (Wildman–Crippen LogP) is 1.87. The Bertz CT molecular complexity index is 424. The van der Waals surface area contributed by atoms with Crippen LogP contribution in [0, 0.1) is 0 Å². The van der Waals surface area contributed by atoms with Gasteiger partial charge >= 0.3 is 0 Å². The average Bonchev–Trinajstić information content (AvgIpc) is 2.72. The molecule has 0 aromatic carbocycles. The van der Waals surface area contributed by atoms with Gasteiger partial charge in [-0.1, -0.05) is 12.8 Å². The van der Waals surface area contributed by atoms with Crippen LogP contribution in [0.5, 0.6) is 0 Å². The van der Waals surface area contributed by atoms with Crippen LogP contribution in [0.1, 0.15) is 32.1 Å². The summed E-state index contributed by atoms with van der Waals surface area (Å²) in [5.41, 5.74) is 1.02. The minimum atomic E-state index is 0.0544. The first-order valence-electron chi connectivity index (χ1n) is 7.89. The maximum absolute atomic E-state index is 12.2. The second-order valence-corrected chi connectivity index (χ2v) is 5.66. The van der Waals surface area contributed by atoms with Gasteiger partial charge in [-0.15, -0.1) is 0 Å².